The summed E-state index contributed by atoms with van der Waals surface area (Å²) in [4.78, 5) is 15.9. The SMILES string of the molecule is CC(C)(C)OC(=O)NCC(=CF)/C=N/c1ccc(S(=O)(=O)N2CCOCC2)cc1. The number of halogens is 1. The van der Waals surface area contributed by atoms with Gasteiger partial charge in [0.25, 0.3) is 0 Å². The number of rotatable bonds is 6. The Hall–Kier alpha value is -2.30. The summed E-state index contributed by atoms with van der Waals surface area (Å²) in [5, 5.41) is 2.44. The Kier molecular flexibility index (Phi) is 7.88. The van der Waals surface area contributed by atoms with Gasteiger partial charge in [0.05, 0.1) is 30.1 Å². The molecule has 0 saturated carbocycles. The van der Waals surface area contributed by atoms with E-state index in [1.807, 2.05) is 0 Å². The van der Waals surface area contributed by atoms with E-state index in [9.17, 15) is 17.6 Å². The van der Waals surface area contributed by atoms with Crippen molar-refractivity contribution < 1.29 is 27.1 Å². The van der Waals surface area contributed by atoms with Gasteiger partial charge in [-0.15, -0.1) is 0 Å². The van der Waals surface area contributed by atoms with Gasteiger partial charge in [0.15, 0.2) is 0 Å². The fourth-order valence-electron chi connectivity index (χ4n) is 2.40. The summed E-state index contributed by atoms with van der Waals surface area (Å²) >= 11 is 0. The minimum atomic E-state index is -3.58. The number of benzene rings is 1. The zero-order valence-electron chi connectivity index (χ0n) is 16.7. The van der Waals surface area contributed by atoms with Crippen molar-refractivity contribution in [2.75, 3.05) is 32.8 Å². The van der Waals surface area contributed by atoms with Gasteiger partial charge < -0.3 is 14.8 Å². The number of alkyl carbamates (subject to hydrolysis) is 1. The molecule has 1 saturated heterocycles. The summed E-state index contributed by atoms with van der Waals surface area (Å²) in [5.41, 5.74) is -0.0791. The minimum absolute atomic E-state index is 0.0988. The van der Waals surface area contributed by atoms with Crippen LogP contribution < -0.4 is 5.32 Å². The lowest BCUT2D eigenvalue weighted by Gasteiger charge is -2.26. The molecular formula is C19H26FN3O5S. The summed E-state index contributed by atoms with van der Waals surface area (Å²) in [7, 11) is -3.58. The van der Waals surface area contributed by atoms with Crippen LogP contribution in [0.25, 0.3) is 0 Å². The number of nitrogens with zero attached hydrogens (tertiary/aromatic N) is 2. The van der Waals surface area contributed by atoms with E-state index in [0.717, 1.165) is 0 Å². The standard InChI is InChI=1S/C19H26FN3O5S/c1-19(2,3)28-18(24)22-14-15(12-20)13-21-16-4-6-17(7-5-16)29(25,26)23-8-10-27-11-9-23/h4-7,12-13H,8-11,14H2,1-3H3,(H,22,24)/b15-12?,21-13+. The molecule has 8 nitrogen and oxygen atoms in total. The molecule has 2 rings (SSSR count). The summed E-state index contributed by atoms with van der Waals surface area (Å²) < 4.78 is 49.8. The van der Waals surface area contributed by atoms with Crippen molar-refractivity contribution in [1.82, 2.24) is 9.62 Å². The molecule has 10 heteroatoms. The van der Waals surface area contributed by atoms with Crippen molar-refractivity contribution in [2.24, 2.45) is 4.99 Å². The van der Waals surface area contributed by atoms with Gasteiger partial charge >= 0.3 is 6.09 Å². The highest BCUT2D eigenvalue weighted by Gasteiger charge is 2.26. The maximum atomic E-state index is 13.0. The Morgan fingerprint density at radius 1 is 1.28 bits per heavy atom. The molecule has 0 unspecified atom stereocenters. The molecule has 1 aliphatic rings. The topological polar surface area (TPSA) is 97.3 Å². The average Bonchev–Trinajstić information content (AvgIpc) is 2.68. The van der Waals surface area contributed by atoms with E-state index in [-0.39, 0.29) is 17.0 Å². The van der Waals surface area contributed by atoms with Crippen LogP contribution in [0.4, 0.5) is 14.9 Å². The molecule has 1 aliphatic heterocycles. The molecule has 0 bridgehead atoms. The first kappa shape index (κ1) is 23.0. The zero-order valence-corrected chi connectivity index (χ0v) is 17.5. The molecule has 0 spiro atoms. The monoisotopic (exact) mass is 427 g/mol. The number of hydrogen-bond acceptors (Lipinski definition) is 6. The highest BCUT2D eigenvalue weighted by Crippen LogP contribution is 2.20. The Morgan fingerprint density at radius 2 is 1.90 bits per heavy atom. The van der Waals surface area contributed by atoms with Crippen LogP contribution in [0.15, 0.2) is 46.1 Å². The fraction of sp³-hybridized carbons (Fsp3) is 0.474. The highest BCUT2D eigenvalue weighted by molar-refractivity contribution is 7.89. The lowest BCUT2D eigenvalue weighted by molar-refractivity contribution is 0.0533. The van der Waals surface area contributed by atoms with Crippen molar-refractivity contribution in [1.29, 1.82) is 0 Å². The number of sulfonamides is 1. The highest BCUT2D eigenvalue weighted by atomic mass is 32.2. The Bertz CT molecular complexity index is 855. The number of carbonyl (C=O) groups excluding carboxylic acids is 1. The molecular weight excluding hydrogens is 401 g/mol. The fourth-order valence-corrected chi connectivity index (χ4v) is 3.81. The van der Waals surface area contributed by atoms with Gasteiger partial charge in [0.1, 0.15) is 5.60 Å². The van der Waals surface area contributed by atoms with Crippen molar-refractivity contribution >= 4 is 28.0 Å². The third-order valence-electron chi connectivity index (χ3n) is 3.80. The summed E-state index contributed by atoms with van der Waals surface area (Å²) in [5.74, 6) is 0. The largest absolute Gasteiger partial charge is 0.444 e. The minimum Gasteiger partial charge on any atom is -0.444 e. The number of carbonyl (C=O) groups is 1. The molecule has 0 atom stereocenters. The Balaban J connectivity index is 1.97. The van der Waals surface area contributed by atoms with Crippen LogP contribution in [-0.4, -0.2) is 63.5 Å². The molecule has 29 heavy (non-hydrogen) atoms. The quantitative estimate of drug-likeness (QED) is 0.704. The second-order valence-corrected chi connectivity index (χ2v) is 9.25. The molecule has 1 heterocycles. The molecule has 0 aliphatic carbocycles. The molecule has 0 radical (unpaired) electrons. The van der Waals surface area contributed by atoms with Crippen molar-refractivity contribution in [3.05, 3.63) is 36.2 Å². The second kappa shape index (κ2) is 9.95. The smallest absolute Gasteiger partial charge is 0.407 e. The lowest BCUT2D eigenvalue weighted by Crippen LogP contribution is -2.40. The van der Waals surface area contributed by atoms with Crippen molar-refractivity contribution in [3.63, 3.8) is 0 Å². The molecule has 1 N–H and O–H groups in total. The molecule has 1 amide bonds. The van der Waals surface area contributed by atoms with Crippen LogP contribution >= 0.6 is 0 Å². The third kappa shape index (κ3) is 7.22. The lowest BCUT2D eigenvalue weighted by atomic mass is 10.2. The van der Waals surface area contributed by atoms with Crippen LogP contribution in [0, 0.1) is 0 Å². The molecule has 1 aromatic rings. The van der Waals surface area contributed by atoms with Gasteiger partial charge in [-0.25, -0.2) is 17.6 Å². The predicted molar refractivity (Wildman–Crippen MR) is 108 cm³/mol. The summed E-state index contributed by atoms with van der Waals surface area (Å²) in [6.07, 6.45) is 0.920. The van der Waals surface area contributed by atoms with E-state index in [2.05, 4.69) is 10.3 Å². The number of hydrogen-bond donors (Lipinski definition) is 1. The van der Waals surface area contributed by atoms with E-state index >= 15 is 0 Å². The summed E-state index contributed by atoms with van der Waals surface area (Å²) in [6.45, 7) is 6.46. The number of aliphatic imine (C=N–C) groups is 1. The van der Waals surface area contributed by atoms with Gasteiger partial charge in [-0.2, -0.15) is 4.31 Å². The average molecular weight is 427 g/mol. The van der Waals surface area contributed by atoms with Crippen LogP contribution in [0.3, 0.4) is 0 Å². The van der Waals surface area contributed by atoms with E-state index in [1.54, 1.807) is 20.8 Å². The Morgan fingerprint density at radius 3 is 2.45 bits per heavy atom. The van der Waals surface area contributed by atoms with Crippen LogP contribution in [-0.2, 0) is 19.5 Å². The first-order chi connectivity index (χ1) is 13.6. The normalized spacial score (nSPS) is 16.8. The van der Waals surface area contributed by atoms with Gasteiger partial charge in [-0.3, -0.25) is 4.99 Å². The van der Waals surface area contributed by atoms with Crippen molar-refractivity contribution in [3.8, 4) is 0 Å². The van der Waals surface area contributed by atoms with Crippen LogP contribution in [0.1, 0.15) is 20.8 Å². The first-order valence-corrected chi connectivity index (χ1v) is 10.5. The zero-order chi connectivity index (χ0) is 21.5. The maximum Gasteiger partial charge on any atom is 0.407 e. The first-order valence-electron chi connectivity index (χ1n) is 9.10. The van der Waals surface area contributed by atoms with Gasteiger partial charge in [0.2, 0.25) is 10.0 Å². The maximum absolute atomic E-state index is 13.0. The molecule has 1 fully saturated rings. The third-order valence-corrected chi connectivity index (χ3v) is 5.71. The van der Waals surface area contributed by atoms with E-state index in [0.29, 0.717) is 38.3 Å². The van der Waals surface area contributed by atoms with E-state index in [1.165, 1.54) is 34.8 Å². The van der Waals surface area contributed by atoms with Gasteiger partial charge in [0, 0.05) is 31.4 Å². The predicted octanol–water partition coefficient (Wildman–Crippen LogP) is 2.79. The van der Waals surface area contributed by atoms with E-state index < -0.39 is 21.7 Å². The van der Waals surface area contributed by atoms with Crippen LogP contribution in [0.2, 0.25) is 0 Å². The number of morpholine rings is 1. The van der Waals surface area contributed by atoms with Gasteiger partial charge in [-0.1, -0.05) is 0 Å². The second-order valence-electron chi connectivity index (χ2n) is 7.31. The molecule has 160 valence electrons. The summed E-state index contributed by atoms with van der Waals surface area (Å²) in [6, 6.07) is 5.96. The number of amides is 1. The van der Waals surface area contributed by atoms with Crippen LogP contribution in [0.5, 0.6) is 0 Å². The molecule has 1 aromatic carbocycles. The number of nitrogens with one attached hydrogen (secondary N) is 1. The Labute approximate surface area is 170 Å². The van der Waals surface area contributed by atoms with E-state index in [4.69, 9.17) is 9.47 Å². The molecule has 0 aromatic heterocycles. The van der Waals surface area contributed by atoms with Gasteiger partial charge in [-0.05, 0) is 45.0 Å². The number of ether oxygens (including phenoxy) is 2. The van der Waals surface area contributed by atoms with Crippen molar-refractivity contribution in [2.45, 2.75) is 31.3 Å².